The third kappa shape index (κ3) is 2.32. The van der Waals surface area contributed by atoms with E-state index in [2.05, 4.69) is 21.4 Å². The van der Waals surface area contributed by atoms with Gasteiger partial charge in [-0.1, -0.05) is 22.0 Å². The van der Waals surface area contributed by atoms with Crippen LogP contribution in [0.1, 0.15) is 16.5 Å². The first kappa shape index (κ1) is 11.7. The van der Waals surface area contributed by atoms with Crippen LogP contribution in [0.4, 0.5) is 4.39 Å². The molecule has 2 nitrogen and oxygen atoms in total. The van der Waals surface area contributed by atoms with Gasteiger partial charge in [-0.25, -0.2) is 9.82 Å². The Morgan fingerprint density at radius 2 is 2.19 bits per heavy atom. The number of rotatable bonds is 3. The number of nitrogens with one attached hydrogen (secondary N) is 1. The third-order valence-corrected chi connectivity index (χ3v) is 3.69. The zero-order valence-corrected chi connectivity index (χ0v) is 10.7. The molecule has 0 aliphatic rings. The zero-order chi connectivity index (χ0) is 11.5. The van der Waals surface area contributed by atoms with Crippen molar-refractivity contribution in [3.05, 3.63) is 56.4 Å². The maximum Gasteiger partial charge on any atom is 0.128 e. The minimum atomic E-state index is -0.308. The van der Waals surface area contributed by atoms with Crippen LogP contribution in [0, 0.1) is 5.82 Å². The molecule has 2 aromatic rings. The van der Waals surface area contributed by atoms with Gasteiger partial charge in [0.05, 0.1) is 6.04 Å². The molecule has 1 aromatic heterocycles. The normalized spacial score (nSPS) is 12.7. The fraction of sp³-hybridized carbons (Fsp3) is 0.0909. The van der Waals surface area contributed by atoms with Crippen molar-refractivity contribution in [2.24, 2.45) is 5.84 Å². The lowest BCUT2D eigenvalue weighted by atomic mass is 10.1. The van der Waals surface area contributed by atoms with Gasteiger partial charge in [-0.2, -0.15) is 0 Å². The topological polar surface area (TPSA) is 38.0 Å². The fourth-order valence-electron chi connectivity index (χ4n) is 1.52. The second kappa shape index (κ2) is 5.05. The predicted molar refractivity (Wildman–Crippen MR) is 67.6 cm³/mol. The number of hydrazine groups is 1. The second-order valence-corrected chi connectivity index (χ2v) is 5.18. The molecule has 0 bridgehead atoms. The summed E-state index contributed by atoms with van der Waals surface area (Å²) >= 11 is 4.87. The Hall–Kier alpha value is -0.750. The molecular formula is C11H10BrFN2S. The second-order valence-electron chi connectivity index (χ2n) is 3.28. The standard InChI is InChI=1S/C11H10BrFN2S/c12-7-3-4-9(13)8(6-7)11(15-14)10-2-1-5-16-10/h1-6,11,15H,14H2. The van der Waals surface area contributed by atoms with E-state index in [9.17, 15) is 4.39 Å². The van der Waals surface area contributed by atoms with Gasteiger partial charge in [0.15, 0.2) is 0 Å². The Kier molecular flexibility index (Phi) is 3.70. The first-order valence-electron chi connectivity index (χ1n) is 4.67. The van der Waals surface area contributed by atoms with Crippen molar-refractivity contribution in [2.45, 2.75) is 6.04 Å². The van der Waals surface area contributed by atoms with E-state index in [1.54, 1.807) is 23.5 Å². The molecule has 16 heavy (non-hydrogen) atoms. The van der Waals surface area contributed by atoms with Gasteiger partial charge in [0.1, 0.15) is 5.82 Å². The molecule has 0 radical (unpaired) electrons. The van der Waals surface area contributed by atoms with Gasteiger partial charge >= 0.3 is 0 Å². The number of thiophene rings is 1. The van der Waals surface area contributed by atoms with E-state index in [0.29, 0.717) is 5.56 Å². The van der Waals surface area contributed by atoms with E-state index in [1.807, 2.05) is 17.5 Å². The van der Waals surface area contributed by atoms with E-state index < -0.39 is 0 Å². The largest absolute Gasteiger partial charge is 0.271 e. The highest BCUT2D eigenvalue weighted by molar-refractivity contribution is 9.10. The van der Waals surface area contributed by atoms with E-state index in [0.717, 1.165) is 9.35 Å². The van der Waals surface area contributed by atoms with Gasteiger partial charge < -0.3 is 0 Å². The maximum absolute atomic E-state index is 13.7. The number of halogens is 2. The Balaban J connectivity index is 2.44. The number of hydrogen-bond donors (Lipinski definition) is 2. The van der Waals surface area contributed by atoms with Crippen molar-refractivity contribution in [3.8, 4) is 0 Å². The van der Waals surface area contributed by atoms with Crippen molar-refractivity contribution in [1.82, 2.24) is 5.43 Å². The van der Waals surface area contributed by atoms with Crippen LogP contribution in [0.2, 0.25) is 0 Å². The molecule has 5 heteroatoms. The van der Waals surface area contributed by atoms with Crippen LogP contribution < -0.4 is 11.3 Å². The zero-order valence-electron chi connectivity index (χ0n) is 8.28. The van der Waals surface area contributed by atoms with Gasteiger partial charge in [0, 0.05) is 14.9 Å². The highest BCUT2D eigenvalue weighted by Gasteiger charge is 2.17. The van der Waals surface area contributed by atoms with Crippen molar-refractivity contribution >= 4 is 27.3 Å². The molecule has 0 amide bonds. The van der Waals surface area contributed by atoms with Crippen LogP contribution in [-0.2, 0) is 0 Å². The Morgan fingerprint density at radius 1 is 1.38 bits per heavy atom. The molecule has 0 aliphatic carbocycles. The summed E-state index contributed by atoms with van der Waals surface area (Å²) in [7, 11) is 0. The number of nitrogens with two attached hydrogens (primary N) is 1. The number of hydrogen-bond acceptors (Lipinski definition) is 3. The maximum atomic E-state index is 13.7. The summed E-state index contributed by atoms with van der Waals surface area (Å²) in [6.45, 7) is 0. The summed E-state index contributed by atoms with van der Waals surface area (Å²) in [4.78, 5) is 0.986. The highest BCUT2D eigenvalue weighted by atomic mass is 79.9. The molecule has 0 saturated carbocycles. The summed E-state index contributed by atoms with van der Waals surface area (Å²) in [6.07, 6.45) is 0. The van der Waals surface area contributed by atoms with E-state index in [-0.39, 0.29) is 11.9 Å². The number of benzene rings is 1. The third-order valence-electron chi connectivity index (χ3n) is 2.26. The monoisotopic (exact) mass is 300 g/mol. The van der Waals surface area contributed by atoms with Crippen LogP contribution in [0.3, 0.4) is 0 Å². The molecule has 1 heterocycles. The van der Waals surface area contributed by atoms with E-state index in [1.165, 1.54) is 6.07 Å². The van der Waals surface area contributed by atoms with Crippen LogP contribution in [-0.4, -0.2) is 0 Å². The molecule has 1 atom stereocenters. The fourth-order valence-corrected chi connectivity index (χ4v) is 2.70. The lowest BCUT2D eigenvalue weighted by molar-refractivity contribution is 0.564. The van der Waals surface area contributed by atoms with E-state index >= 15 is 0 Å². The average Bonchev–Trinajstić information content (AvgIpc) is 2.78. The summed E-state index contributed by atoms with van der Waals surface area (Å²) in [5, 5.41) is 1.94. The van der Waals surface area contributed by atoms with Crippen LogP contribution in [0.25, 0.3) is 0 Å². The Bertz CT molecular complexity index is 473. The Morgan fingerprint density at radius 3 is 2.81 bits per heavy atom. The van der Waals surface area contributed by atoms with Gasteiger partial charge in [0.25, 0.3) is 0 Å². The molecule has 2 rings (SSSR count). The minimum absolute atomic E-state index is 0.264. The first-order valence-corrected chi connectivity index (χ1v) is 6.34. The lowest BCUT2D eigenvalue weighted by Gasteiger charge is -2.15. The molecule has 0 saturated heterocycles. The summed E-state index contributed by atoms with van der Waals surface area (Å²) < 4.78 is 14.5. The van der Waals surface area contributed by atoms with Crippen molar-refractivity contribution in [1.29, 1.82) is 0 Å². The van der Waals surface area contributed by atoms with Gasteiger partial charge in [-0.05, 0) is 29.6 Å². The predicted octanol–water partition coefficient (Wildman–Crippen LogP) is 3.20. The van der Waals surface area contributed by atoms with Gasteiger partial charge in [-0.15, -0.1) is 11.3 Å². The molecule has 0 spiro atoms. The molecule has 0 aliphatic heterocycles. The smallest absolute Gasteiger partial charge is 0.128 e. The summed E-state index contributed by atoms with van der Waals surface area (Å²) in [5.41, 5.74) is 3.18. The quantitative estimate of drug-likeness (QED) is 0.675. The average molecular weight is 301 g/mol. The Labute approximate surface area is 105 Å². The highest BCUT2D eigenvalue weighted by Crippen LogP contribution is 2.29. The SMILES string of the molecule is NNC(c1cccs1)c1cc(Br)ccc1F. The first-order chi connectivity index (χ1) is 7.72. The van der Waals surface area contributed by atoms with E-state index in [4.69, 9.17) is 5.84 Å². The molecule has 1 unspecified atom stereocenters. The van der Waals surface area contributed by atoms with Crippen LogP contribution in [0.15, 0.2) is 40.2 Å². The minimum Gasteiger partial charge on any atom is -0.271 e. The molecule has 0 fully saturated rings. The molecule has 1 aromatic carbocycles. The van der Waals surface area contributed by atoms with Crippen molar-refractivity contribution in [3.63, 3.8) is 0 Å². The summed E-state index contributed by atoms with van der Waals surface area (Å²) in [6, 6.07) is 8.37. The van der Waals surface area contributed by atoms with Crippen LogP contribution in [0.5, 0.6) is 0 Å². The van der Waals surface area contributed by atoms with Crippen LogP contribution >= 0.6 is 27.3 Å². The molecular weight excluding hydrogens is 291 g/mol. The lowest BCUT2D eigenvalue weighted by Crippen LogP contribution is -2.28. The van der Waals surface area contributed by atoms with Crippen molar-refractivity contribution < 1.29 is 4.39 Å². The molecule has 3 N–H and O–H groups in total. The van der Waals surface area contributed by atoms with Gasteiger partial charge in [-0.3, -0.25) is 5.84 Å². The molecule has 84 valence electrons. The van der Waals surface area contributed by atoms with Crippen molar-refractivity contribution in [2.75, 3.05) is 0 Å². The van der Waals surface area contributed by atoms with Gasteiger partial charge in [0.2, 0.25) is 0 Å². The summed E-state index contributed by atoms with van der Waals surface area (Å²) in [5.74, 6) is 5.23.